The summed E-state index contributed by atoms with van der Waals surface area (Å²) in [5, 5.41) is 2.71. The van der Waals surface area contributed by atoms with Gasteiger partial charge in [0.15, 0.2) is 6.29 Å². The Morgan fingerprint density at radius 3 is 1.74 bits per heavy atom. The molecular formula is C27H40O3Si. The molecule has 1 fully saturated rings. The number of rotatable bonds is 10. The van der Waals surface area contributed by atoms with E-state index in [-0.39, 0.29) is 16.7 Å². The Balaban J connectivity index is 1.87. The Morgan fingerprint density at radius 2 is 1.32 bits per heavy atom. The van der Waals surface area contributed by atoms with Crippen molar-refractivity contribution < 1.29 is 13.9 Å². The second-order valence-electron chi connectivity index (χ2n) is 10.5. The third-order valence-corrected chi connectivity index (χ3v) is 12.4. The fourth-order valence-corrected chi connectivity index (χ4v) is 9.97. The average molecular weight is 441 g/mol. The van der Waals surface area contributed by atoms with Gasteiger partial charge in [-0.2, -0.15) is 0 Å². The van der Waals surface area contributed by atoms with Crippen LogP contribution in [0.3, 0.4) is 0 Å². The van der Waals surface area contributed by atoms with Crippen molar-refractivity contribution >= 4 is 18.7 Å². The number of hydrogen-bond acceptors (Lipinski definition) is 3. The Kier molecular flexibility index (Phi) is 7.47. The minimum absolute atomic E-state index is 0.0153. The Morgan fingerprint density at radius 1 is 0.839 bits per heavy atom. The van der Waals surface area contributed by atoms with Crippen molar-refractivity contribution in [2.45, 2.75) is 58.8 Å². The maximum Gasteiger partial charge on any atom is 0.261 e. The summed E-state index contributed by atoms with van der Waals surface area (Å²) >= 11 is 0. The van der Waals surface area contributed by atoms with Crippen molar-refractivity contribution in [3.8, 4) is 0 Å². The Hall–Kier alpha value is -1.46. The molecule has 2 aromatic rings. The fourth-order valence-electron chi connectivity index (χ4n) is 5.39. The fraction of sp³-hybridized carbons (Fsp3) is 0.556. The van der Waals surface area contributed by atoms with Crippen LogP contribution in [0.25, 0.3) is 0 Å². The highest BCUT2D eigenvalue weighted by Crippen LogP contribution is 2.61. The van der Waals surface area contributed by atoms with E-state index in [1.165, 1.54) is 10.4 Å². The number of benzene rings is 2. The second-order valence-corrected chi connectivity index (χ2v) is 14.8. The molecule has 3 nitrogen and oxygen atoms in total. The van der Waals surface area contributed by atoms with Gasteiger partial charge in [-0.25, -0.2) is 0 Å². The van der Waals surface area contributed by atoms with Crippen LogP contribution in [0.15, 0.2) is 60.7 Å². The predicted molar refractivity (Wildman–Crippen MR) is 131 cm³/mol. The number of methoxy groups -OCH3 is 2. The van der Waals surface area contributed by atoms with Gasteiger partial charge in [-0.15, -0.1) is 0 Å². The molecule has 0 radical (unpaired) electrons. The highest BCUT2D eigenvalue weighted by atomic mass is 28.4. The SMILES string of the molecule is COC(CC[C@H]1[C@H](CO[Si](c2ccccc2)(c2ccccc2)C(C)(C)C)C1(C)C)OC. The second kappa shape index (κ2) is 9.58. The molecule has 1 saturated carbocycles. The van der Waals surface area contributed by atoms with E-state index < -0.39 is 8.32 Å². The van der Waals surface area contributed by atoms with Crippen molar-refractivity contribution in [3.63, 3.8) is 0 Å². The molecule has 170 valence electrons. The van der Waals surface area contributed by atoms with E-state index in [1.807, 2.05) is 0 Å². The summed E-state index contributed by atoms with van der Waals surface area (Å²) in [7, 11) is 0.964. The molecule has 0 spiro atoms. The molecule has 0 unspecified atom stereocenters. The molecule has 1 aliphatic rings. The lowest BCUT2D eigenvalue weighted by Gasteiger charge is -2.43. The van der Waals surface area contributed by atoms with Gasteiger partial charge < -0.3 is 13.9 Å². The van der Waals surface area contributed by atoms with Crippen LogP contribution >= 0.6 is 0 Å². The zero-order valence-electron chi connectivity index (χ0n) is 20.4. The lowest BCUT2D eigenvalue weighted by atomic mass is 10.1. The molecular weight excluding hydrogens is 400 g/mol. The molecule has 0 bridgehead atoms. The first-order valence-electron chi connectivity index (χ1n) is 11.5. The Bertz CT molecular complexity index is 770. The van der Waals surface area contributed by atoms with Crippen molar-refractivity contribution in [2.75, 3.05) is 20.8 Å². The van der Waals surface area contributed by atoms with Crippen molar-refractivity contribution in [3.05, 3.63) is 60.7 Å². The molecule has 0 amide bonds. The van der Waals surface area contributed by atoms with E-state index >= 15 is 0 Å². The third-order valence-electron chi connectivity index (χ3n) is 7.42. The molecule has 0 aliphatic heterocycles. The van der Waals surface area contributed by atoms with Gasteiger partial charge in [0, 0.05) is 20.8 Å². The normalized spacial score (nSPS) is 20.8. The highest BCUT2D eigenvalue weighted by Gasteiger charge is 2.59. The standard InChI is InChI=1S/C27H40O3Si/c1-26(2,3)31(21-14-10-8-11-15-21,22-16-12-9-13-17-22)30-20-24-23(27(24,4)5)18-19-25(28-6)29-7/h8-17,23-25H,18-20H2,1-7H3/t23-,24-/m0/s1. The Labute approximate surface area is 190 Å². The number of ether oxygens (including phenoxy) is 2. The van der Waals surface area contributed by atoms with Gasteiger partial charge in [-0.1, -0.05) is 95.3 Å². The summed E-state index contributed by atoms with van der Waals surface area (Å²) in [4.78, 5) is 0. The molecule has 2 atom stereocenters. The van der Waals surface area contributed by atoms with E-state index in [1.54, 1.807) is 14.2 Å². The summed E-state index contributed by atoms with van der Waals surface area (Å²) in [6, 6.07) is 21.8. The largest absolute Gasteiger partial charge is 0.407 e. The van der Waals surface area contributed by atoms with Crippen LogP contribution in [0.5, 0.6) is 0 Å². The third kappa shape index (κ3) is 4.82. The molecule has 0 saturated heterocycles. The highest BCUT2D eigenvalue weighted by molar-refractivity contribution is 6.99. The van der Waals surface area contributed by atoms with Gasteiger partial charge >= 0.3 is 0 Å². The zero-order chi connectivity index (χ0) is 22.7. The molecule has 2 aromatic carbocycles. The summed E-state index contributed by atoms with van der Waals surface area (Å²) in [5.41, 5.74) is 0.289. The minimum Gasteiger partial charge on any atom is -0.407 e. The first-order valence-corrected chi connectivity index (χ1v) is 13.4. The number of hydrogen-bond donors (Lipinski definition) is 0. The first kappa shape index (κ1) is 24.2. The maximum atomic E-state index is 7.19. The van der Waals surface area contributed by atoms with Crippen LogP contribution in [0.2, 0.25) is 5.04 Å². The lowest BCUT2D eigenvalue weighted by molar-refractivity contribution is -0.108. The summed E-state index contributed by atoms with van der Waals surface area (Å²) in [6.07, 6.45) is 1.92. The summed E-state index contributed by atoms with van der Waals surface area (Å²) < 4.78 is 18.0. The van der Waals surface area contributed by atoms with Crippen LogP contribution in [-0.2, 0) is 13.9 Å². The van der Waals surface area contributed by atoms with Crippen LogP contribution in [-0.4, -0.2) is 35.4 Å². The van der Waals surface area contributed by atoms with Gasteiger partial charge in [0.1, 0.15) is 0 Å². The quantitative estimate of drug-likeness (QED) is 0.374. The van der Waals surface area contributed by atoms with Crippen LogP contribution in [0.1, 0.15) is 47.5 Å². The van der Waals surface area contributed by atoms with E-state index in [2.05, 4.69) is 95.3 Å². The van der Waals surface area contributed by atoms with Crippen LogP contribution in [0, 0.1) is 17.3 Å². The van der Waals surface area contributed by atoms with Crippen molar-refractivity contribution in [1.29, 1.82) is 0 Å². The smallest absolute Gasteiger partial charge is 0.261 e. The van der Waals surface area contributed by atoms with Crippen LogP contribution < -0.4 is 10.4 Å². The predicted octanol–water partition coefficient (Wildman–Crippen LogP) is 5.23. The molecule has 0 aromatic heterocycles. The molecule has 0 heterocycles. The lowest BCUT2D eigenvalue weighted by Crippen LogP contribution is -2.66. The summed E-state index contributed by atoms with van der Waals surface area (Å²) in [5.74, 6) is 1.20. The van der Waals surface area contributed by atoms with Gasteiger partial charge in [0.2, 0.25) is 0 Å². The molecule has 31 heavy (non-hydrogen) atoms. The van der Waals surface area contributed by atoms with Gasteiger partial charge in [0.05, 0.1) is 0 Å². The summed E-state index contributed by atoms with van der Waals surface area (Å²) in [6.45, 7) is 12.6. The topological polar surface area (TPSA) is 27.7 Å². The molecule has 1 aliphatic carbocycles. The molecule has 4 heteroatoms. The van der Waals surface area contributed by atoms with E-state index in [9.17, 15) is 0 Å². The first-order chi connectivity index (χ1) is 14.7. The van der Waals surface area contributed by atoms with Crippen molar-refractivity contribution in [2.24, 2.45) is 17.3 Å². The monoisotopic (exact) mass is 440 g/mol. The maximum absolute atomic E-state index is 7.19. The molecule has 3 rings (SSSR count). The van der Waals surface area contributed by atoms with Gasteiger partial charge in [-0.05, 0) is 45.5 Å². The van der Waals surface area contributed by atoms with Crippen LogP contribution in [0.4, 0.5) is 0 Å². The van der Waals surface area contributed by atoms with Gasteiger partial charge in [0.25, 0.3) is 8.32 Å². The van der Waals surface area contributed by atoms with E-state index in [4.69, 9.17) is 13.9 Å². The van der Waals surface area contributed by atoms with E-state index in [0.717, 1.165) is 19.4 Å². The minimum atomic E-state index is -2.47. The zero-order valence-corrected chi connectivity index (χ0v) is 21.4. The molecule has 0 N–H and O–H groups in total. The van der Waals surface area contributed by atoms with Crippen molar-refractivity contribution in [1.82, 2.24) is 0 Å². The van der Waals surface area contributed by atoms with Gasteiger partial charge in [-0.3, -0.25) is 0 Å². The van der Waals surface area contributed by atoms with E-state index in [0.29, 0.717) is 11.8 Å². The average Bonchev–Trinajstić information content (AvgIpc) is 3.28.